The molecule has 1 unspecified atom stereocenters. The molecule has 0 amide bonds. The van der Waals surface area contributed by atoms with E-state index in [2.05, 4.69) is 5.32 Å². The lowest BCUT2D eigenvalue weighted by Crippen LogP contribution is -2.22. The minimum atomic E-state index is -0.0317. The molecule has 0 saturated heterocycles. The number of anilines is 1. The largest absolute Gasteiger partial charge is 0.493 e. The Hall–Kier alpha value is -1.58. The Balaban J connectivity index is 1.92. The van der Waals surface area contributed by atoms with Gasteiger partial charge >= 0.3 is 0 Å². The fourth-order valence-electron chi connectivity index (χ4n) is 1.84. The molecule has 0 saturated carbocycles. The lowest BCUT2D eigenvalue weighted by Gasteiger charge is -2.18. The molecule has 112 valence electrons. The molecule has 1 N–H and O–H groups in total. The van der Waals surface area contributed by atoms with Gasteiger partial charge in [0.1, 0.15) is 6.10 Å². The van der Waals surface area contributed by atoms with E-state index in [-0.39, 0.29) is 6.10 Å². The van der Waals surface area contributed by atoms with Gasteiger partial charge in [0.05, 0.1) is 23.7 Å². The van der Waals surface area contributed by atoms with Gasteiger partial charge in [-0.25, -0.2) is 0 Å². The molecule has 21 heavy (non-hydrogen) atoms. The van der Waals surface area contributed by atoms with Crippen LogP contribution in [0.3, 0.4) is 0 Å². The van der Waals surface area contributed by atoms with Crippen molar-refractivity contribution in [2.24, 2.45) is 0 Å². The van der Waals surface area contributed by atoms with Crippen LogP contribution < -0.4 is 14.8 Å². The normalized spacial score (nSPS) is 11.8. The second-order valence-corrected chi connectivity index (χ2v) is 5.40. The lowest BCUT2D eigenvalue weighted by molar-refractivity contribution is 0.223. The summed E-state index contributed by atoms with van der Waals surface area (Å²) < 4.78 is 11.1. The van der Waals surface area contributed by atoms with Crippen LogP contribution in [0.5, 0.6) is 11.5 Å². The van der Waals surface area contributed by atoms with Gasteiger partial charge in [-0.05, 0) is 37.3 Å². The SMILES string of the molecule is COc1ccccc1OC(C)CNc1ccc(Cl)c(Cl)c1. The summed E-state index contributed by atoms with van der Waals surface area (Å²) in [5.74, 6) is 1.45. The van der Waals surface area contributed by atoms with Crippen LogP contribution >= 0.6 is 23.2 Å². The number of benzene rings is 2. The minimum absolute atomic E-state index is 0.0317. The molecular weight excluding hydrogens is 309 g/mol. The van der Waals surface area contributed by atoms with Crippen LogP contribution in [0.4, 0.5) is 5.69 Å². The first-order chi connectivity index (χ1) is 10.1. The summed E-state index contributed by atoms with van der Waals surface area (Å²) in [6, 6.07) is 13.0. The van der Waals surface area contributed by atoms with Crippen molar-refractivity contribution in [3.8, 4) is 11.5 Å². The highest BCUT2D eigenvalue weighted by atomic mass is 35.5. The van der Waals surface area contributed by atoms with E-state index < -0.39 is 0 Å². The number of halogens is 2. The summed E-state index contributed by atoms with van der Waals surface area (Å²) in [6.45, 7) is 2.62. The fourth-order valence-corrected chi connectivity index (χ4v) is 2.14. The Kier molecular flexibility index (Phi) is 5.59. The van der Waals surface area contributed by atoms with Crippen LogP contribution in [0, 0.1) is 0 Å². The van der Waals surface area contributed by atoms with Gasteiger partial charge in [-0.2, -0.15) is 0 Å². The maximum absolute atomic E-state index is 5.98. The highest BCUT2D eigenvalue weighted by molar-refractivity contribution is 6.42. The zero-order valence-electron chi connectivity index (χ0n) is 11.9. The lowest BCUT2D eigenvalue weighted by atomic mass is 10.3. The number of ether oxygens (including phenoxy) is 2. The molecule has 0 spiro atoms. The zero-order valence-corrected chi connectivity index (χ0v) is 13.4. The van der Waals surface area contributed by atoms with Crippen molar-refractivity contribution in [1.29, 1.82) is 0 Å². The summed E-state index contributed by atoms with van der Waals surface area (Å²) in [5.41, 5.74) is 0.903. The zero-order chi connectivity index (χ0) is 15.2. The number of para-hydroxylation sites is 2. The van der Waals surface area contributed by atoms with Crippen molar-refractivity contribution in [2.75, 3.05) is 19.0 Å². The van der Waals surface area contributed by atoms with Crippen molar-refractivity contribution < 1.29 is 9.47 Å². The van der Waals surface area contributed by atoms with E-state index in [4.69, 9.17) is 32.7 Å². The van der Waals surface area contributed by atoms with E-state index in [0.717, 1.165) is 17.2 Å². The number of rotatable bonds is 6. The summed E-state index contributed by atoms with van der Waals surface area (Å²) in [7, 11) is 1.63. The van der Waals surface area contributed by atoms with Crippen molar-refractivity contribution in [3.05, 3.63) is 52.5 Å². The van der Waals surface area contributed by atoms with E-state index in [9.17, 15) is 0 Å². The second kappa shape index (κ2) is 7.43. The number of hydrogen-bond donors (Lipinski definition) is 1. The molecule has 0 heterocycles. The highest BCUT2D eigenvalue weighted by Gasteiger charge is 2.08. The van der Waals surface area contributed by atoms with Crippen molar-refractivity contribution >= 4 is 28.9 Å². The Morgan fingerprint density at radius 2 is 1.76 bits per heavy atom. The molecule has 2 aromatic carbocycles. The molecule has 0 aliphatic carbocycles. The number of nitrogens with one attached hydrogen (secondary N) is 1. The molecule has 0 radical (unpaired) electrons. The highest BCUT2D eigenvalue weighted by Crippen LogP contribution is 2.27. The first-order valence-corrected chi connectivity index (χ1v) is 7.34. The fraction of sp³-hybridized carbons (Fsp3) is 0.250. The monoisotopic (exact) mass is 325 g/mol. The van der Waals surface area contributed by atoms with Crippen molar-refractivity contribution in [1.82, 2.24) is 0 Å². The number of methoxy groups -OCH3 is 1. The predicted octanol–water partition coefficient (Wildman–Crippen LogP) is 4.88. The molecule has 2 rings (SSSR count). The van der Waals surface area contributed by atoms with E-state index in [1.54, 1.807) is 19.2 Å². The van der Waals surface area contributed by atoms with Crippen LogP contribution in [0.25, 0.3) is 0 Å². The molecule has 3 nitrogen and oxygen atoms in total. The van der Waals surface area contributed by atoms with Gasteiger partial charge in [0.25, 0.3) is 0 Å². The molecule has 0 bridgehead atoms. The minimum Gasteiger partial charge on any atom is -0.493 e. The number of hydrogen-bond acceptors (Lipinski definition) is 3. The smallest absolute Gasteiger partial charge is 0.161 e. The Labute approximate surface area is 134 Å². The third kappa shape index (κ3) is 4.45. The van der Waals surface area contributed by atoms with Crippen LogP contribution in [0.2, 0.25) is 10.0 Å². The molecule has 1 atom stereocenters. The molecule has 5 heteroatoms. The van der Waals surface area contributed by atoms with E-state index in [0.29, 0.717) is 16.6 Å². The molecule has 0 fully saturated rings. The average molecular weight is 326 g/mol. The third-order valence-corrected chi connectivity index (χ3v) is 3.65. The van der Waals surface area contributed by atoms with E-state index in [1.165, 1.54) is 0 Å². The van der Waals surface area contributed by atoms with Gasteiger partial charge in [0.15, 0.2) is 11.5 Å². The van der Waals surface area contributed by atoms with Gasteiger partial charge in [-0.15, -0.1) is 0 Å². The summed E-state index contributed by atoms with van der Waals surface area (Å²) in [5, 5.41) is 4.33. The Bertz CT molecular complexity index is 605. The van der Waals surface area contributed by atoms with Crippen LogP contribution in [-0.4, -0.2) is 19.8 Å². The maximum Gasteiger partial charge on any atom is 0.161 e. The first-order valence-electron chi connectivity index (χ1n) is 6.58. The van der Waals surface area contributed by atoms with Gasteiger partial charge in [0.2, 0.25) is 0 Å². The Morgan fingerprint density at radius 3 is 2.43 bits per heavy atom. The molecule has 2 aromatic rings. The second-order valence-electron chi connectivity index (χ2n) is 4.59. The molecule has 0 aliphatic rings. The van der Waals surface area contributed by atoms with E-state index in [1.807, 2.05) is 37.3 Å². The molecule has 0 aromatic heterocycles. The van der Waals surface area contributed by atoms with Crippen molar-refractivity contribution in [2.45, 2.75) is 13.0 Å². The predicted molar refractivity (Wildman–Crippen MR) is 88.0 cm³/mol. The van der Waals surface area contributed by atoms with Crippen molar-refractivity contribution in [3.63, 3.8) is 0 Å². The van der Waals surface area contributed by atoms with Gasteiger partial charge in [-0.3, -0.25) is 0 Å². The van der Waals surface area contributed by atoms with Crippen LogP contribution in [-0.2, 0) is 0 Å². The average Bonchev–Trinajstić information content (AvgIpc) is 2.49. The molecule has 0 aliphatic heterocycles. The standard InChI is InChI=1S/C16H17Cl2NO2/c1-11(21-16-6-4-3-5-15(16)20-2)10-19-12-7-8-13(17)14(18)9-12/h3-9,11,19H,10H2,1-2H3. The summed E-state index contributed by atoms with van der Waals surface area (Å²) in [6.07, 6.45) is -0.0317. The quantitative estimate of drug-likeness (QED) is 0.820. The first kappa shape index (κ1) is 15.8. The third-order valence-electron chi connectivity index (χ3n) is 2.91. The van der Waals surface area contributed by atoms with Gasteiger partial charge in [0, 0.05) is 5.69 Å². The van der Waals surface area contributed by atoms with Crippen LogP contribution in [0.1, 0.15) is 6.92 Å². The van der Waals surface area contributed by atoms with Crippen LogP contribution in [0.15, 0.2) is 42.5 Å². The van der Waals surface area contributed by atoms with E-state index >= 15 is 0 Å². The summed E-state index contributed by atoms with van der Waals surface area (Å²) >= 11 is 11.9. The summed E-state index contributed by atoms with van der Waals surface area (Å²) in [4.78, 5) is 0. The topological polar surface area (TPSA) is 30.5 Å². The Morgan fingerprint density at radius 1 is 1.05 bits per heavy atom. The van der Waals surface area contributed by atoms with Gasteiger partial charge in [-0.1, -0.05) is 35.3 Å². The van der Waals surface area contributed by atoms with Gasteiger partial charge < -0.3 is 14.8 Å². The maximum atomic E-state index is 5.98. The molecular formula is C16H17Cl2NO2.